The second-order valence-electron chi connectivity index (χ2n) is 9.52. The number of nitrogens with zero attached hydrogens (tertiary/aromatic N) is 5. The maximum Gasteiger partial charge on any atom is 0.246 e. The number of aromatic nitrogens is 2. The second kappa shape index (κ2) is 11.1. The summed E-state index contributed by atoms with van der Waals surface area (Å²) in [5, 5.41) is 0. The largest absolute Gasteiger partial charge is 0.493 e. The van der Waals surface area contributed by atoms with Crippen molar-refractivity contribution in [3.63, 3.8) is 0 Å². The lowest BCUT2D eigenvalue weighted by Crippen LogP contribution is -2.52. The first-order valence-corrected chi connectivity index (χ1v) is 13.6. The smallest absolute Gasteiger partial charge is 0.246 e. The van der Waals surface area contributed by atoms with Crippen LogP contribution in [-0.4, -0.2) is 77.6 Å². The highest BCUT2D eigenvalue weighted by atomic mass is 79.9. The molecule has 35 heavy (non-hydrogen) atoms. The number of anilines is 1. The lowest BCUT2D eigenvalue weighted by atomic mass is 9.91. The van der Waals surface area contributed by atoms with Crippen molar-refractivity contribution in [3.05, 3.63) is 51.8 Å². The molecule has 1 saturated heterocycles. The highest BCUT2D eigenvalue weighted by Crippen LogP contribution is 2.27. The molecule has 0 atom stereocenters. The van der Waals surface area contributed by atoms with Crippen LogP contribution in [0.4, 0.5) is 5.95 Å². The van der Waals surface area contributed by atoms with Gasteiger partial charge in [0.05, 0.1) is 12.3 Å². The maximum absolute atomic E-state index is 13.0. The van der Waals surface area contributed by atoms with Gasteiger partial charge in [-0.25, -0.2) is 9.97 Å². The Morgan fingerprint density at radius 3 is 2.69 bits per heavy atom. The molecular formula is C27H34BrN5O2. The predicted molar refractivity (Wildman–Crippen MR) is 142 cm³/mol. The van der Waals surface area contributed by atoms with Crippen molar-refractivity contribution < 1.29 is 9.53 Å². The number of rotatable bonds is 6. The van der Waals surface area contributed by atoms with Crippen molar-refractivity contribution in [1.82, 2.24) is 19.8 Å². The summed E-state index contributed by atoms with van der Waals surface area (Å²) in [6.07, 6.45) is 11.1. The first-order chi connectivity index (χ1) is 17.1. The van der Waals surface area contributed by atoms with E-state index in [0.717, 1.165) is 78.1 Å². The summed E-state index contributed by atoms with van der Waals surface area (Å²) in [4.78, 5) is 29.5. The Morgan fingerprint density at radius 1 is 1.14 bits per heavy atom. The summed E-state index contributed by atoms with van der Waals surface area (Å²) in [5.74, 6) is 1.63. The number of carbonyl (C=O) groups is 1. The number of ether oxygens (including phenoxy) is 1. The quantitative estimate of drug-likeness (QED) is 0.518. The molecule has 7 nitrogen and oxygen atoms in total. The van der Waals surface area contributed by atoms with E-state index in [4.69, 9.17) is 14.7 Å². The third-order valence-corrected chi connectivity index (χ3v) is 7.88. The summed E-state index contributed by atoms with van der Waals surface area (Å²) in [5.41, 5.74) is 3.13. The number of fused-ring (bicyclic) bond motifs is 1. The van der Waals surface area contributed by atoms with E-state index < -0.39 is 0 Å². The van der Waals surface area contributed by atoms with E-state index in [1.165, 1.54) is 19.3 Å². The molecule has 3 heterocycles. The van der Waals surface area contributed by atoms with Crippen LogP contribution in [0.2, 0.25) is 0 Å². The number of hydrogen-bond donors (Lipinski definition) is 0. The predicted octanol–water partition coefficient (Wildman–Crippen LogP) is 3.95. The topological polar surface area (TPSA) is 61.8 Å². The molecule has 0 radical (unpaired) electrons. The Labute approximate surface area is 216 Å². The van der Waals surface area contributed by atoms with Crippen LogP contribution in [-0.2, 0) is 17.6 Å². The minimum Gasteiger partial charge on any atom is -0.493 e. The van der Waals surface area contributed by atoms with Crippen LogP contribution in [0.3, 0.4) is 0 Å². The highest BCUT2D eigenvalue weighted by Gasteiger charge is 2.29. The Morgan fingerprint density at radius 2 is 1.94 bits per heavy atom. The summed E-state index contributed by atoms with van der Waals surface area (Å²) >= 11 is 3.50. The number of halogens is 1. The summed E-state index contributed by atoms with van der Waals surface area (Å²) in [7, 11) is 0. The molecule has 0 unspecified atom stereocenters. The van der Waals surface area contributed by atoms with Crippen molar-refractivity contribution in [2.45, 2.75) is 45.1 Å². The number of benzene rings is 1. The number of piperazine rings is 1. The molecule has 1 aromatic carbocycles. The molecule has 186 valence electrons. The molecule has 1 aliphatic carbocycles. The van der Waals surface area contributed by atoms with E-state index in [-0.39, 0.29) is 5.91 Å². The van der Waals surface area contributed by atoms with Crippen molar-refractivity contribution in [2.24, 2.45) is 0 Å². The summed E-state index contributed by atoms with van der Waals surface area (Å²) < 4.78 is 6.66. The van der Waals surface area contributed by atoms with Gasteiger partial charge in [-0.15, -0.1) is 0 Å². The molecule has 0 N–H and O–H groups in total. The summed E-state index contributed by atoms with van der Waals surface area (Å²) in [6.45, 7) is 8.06. The SMILES string of the molecule is CCOc1ccc(Br)cc1/C=C/C(=O)N1CCc2cnc(N3CCN(C4CCC4)CC3)nc2CC1. The monoisotopic (exact) mass is 539 g/mol. The van der Waals surface area contributed by atoms with Crippen LogP contribution in [0.1, 0.15) is 43.0 Å². The van der Waals surface area contributed by atoms with E-state index in [1.54, 1.807) is 6.08 Å². The Hall–Kier alpha value is -2.45. The fourth-order valence-corrected chi connectivity index (χ4v) is 5.46. The van der Waals surface area contributed by atoms with E-state index in [2.05, 4.69) is 25.7 Å². The second-order valence-corrected chi connectivity index (χ2v) is 10.4. The Bertz CT molecular complexity index is 1080. The lowest BCUT2D eigenvalue weighted by Gasteiger charge is -2.43. The molecule has 8 heteroatoms. The molecule has 0 bridgehead atoms. The number of hydrogen-bond acceptors (Lipinski definition) is 6. The third-order valence-electron chi connectivity index (χ3n) is 7.39. The van der Waals surface area contributed by atoms with Gasteiger partial charge in [-0.1, -0.05) is 22.4 Å². The van der Waals surface area contributed by atoms with Crippen LogP contribution in [0.25, 0.3) is 6.08 Å². The fourth-order valence-electron chi connectivity index (χ4n) is 5.08. The van der Waals surface area contributed by atoms with E-state index >= 15 is 0 Å². The Kier molecular flexibility index (Phi) is 7.68. The molecule has 2 fully saturated rings. The molecule has 2 aromatic rings. The van der Waals surface area contributed by atoms with Crippen LogP contribution >= 0.6 is 15.9 Å². The van der Waals surface area contributed by atoms with Crippen molar-refractivity contribution in [3.8, 4) is 5.75 Å². The molecule has 1 saturated carbocycles. The molecular weight excluding hydrogens is 506 g/mol. The van der Waals surface area contributed by atoms with Gasteiger partial charge in [0.2, 0.25) is 11.9 Å². The lowest BCUT2D eigenvalue weighted by molar-refractivity contribution is -0.125. The third kappa shape index (κ3) is 5.70. The average Bonchev–Trinajstić information content (AvgIpc) is 3.06. The summed E-state index contributed by atoms with van der Waals surface area (Å²) in [6, 6.07) is 6.64. The van der Waals surface area contributed by atoms with Crippen molar-refractivity contribution in [1.29, 1.82) is 0 Å². The van der Waals surface area contributed by atoms with Crippen molar-refractivity contribution in [2.75, 3.05) is 50.8 Å². The Balaban J connectivity index is 1.20. The van der Waals surface area contributed by atoms with Crippen LogP contribution < -0.4 is 9.64 Å². The van der Waals surface area contributed by atoms with Crippen LogP contribution in [0.5, 0.6) is 5.75 Å². The first kappa shape index (κ1) is 24.3. The van der Waals surface area contributed by atoms with Gasteiger partial charge in [0.25, 0.3) is 0 Å². The van der Waals surface area contributed by atoms with Gasteiger partial charge < -0.3 is 14.5 Å². The van der Waals surface area contributed by atoms with E-state index in [9.17, 15) is 4.79 Å². The average molecular weight is 541 g/mol. The van der Waals surface area contributed by atoms with Crippen LogP contribution in [0.15, 0.2) is 34.9 Å². The zero-order valence-corrected chi connectivity index (χ0v) is 22.0. The van der Waals surface area contributed by atoms with Gasteiger partial charge in [0.15, 0.2) is 0 Å². The molecule has 1 aromatic heterocycles. The van der Waals surface area contributed by atoms with Gasteiger partial charge in [-0.2, -0.15) is 0 Å². The standard InChI is InChI=1S/C27H34BrN5O2/c1-2-35-25-8-7-22(28)18-20(25)6-9-26(34)32-12-10-21-19-29-27(30-24(21)11-13-32)33-16-14-31(15-17-33)23-4-3-5-23/h6-9,18-19,23H,2-5,10-17H2,1H3/b9-6+. The van der Waals surface area contributed by atoms with E-state index in [0.29, 0.717) is 19.7 Å². The highest BCUT2D eigenvalue weighted by molar-refractivity contribution is 9.10. The van der Waals surface area contributed by atoms with Gasteiger partial charge in [0.1, 0.15) is 5.75 Å². The van der Waals surface area contributed by atoms with Gasteiger partial charge in [-0.3, -0.25) is 9.69 Å². The zero-order chi connectivity index (χ0) is 24.2. The molecule has 3 aliphatic rings. The fraction of sp³-hybridized carbons (Fsp3) is 0.519. The molecule has 5 rings (SSSR count). The zero-order valence-electron chi connectivity index (χ0n) is 20.5. The normalized spacial score (nSPS) is 19.4. The maximum atomic E-state index is 13.0. The molecule has 0 spiro atoms. The molecule has 1 amide bonds. The van der Waals surface area contributed by atoms with Gasteiger partial charge in [0, 0.05) is 74.0 Å². The number of carbonyl (C=O) groups excluding carboxylic acids is 1. The number of amides is 1. The molecule has 2 aliphatic heterocycles. The van der Waals surface area contributed by atoms with Gasteiger partial charge in [-0.05, 0) is 56.0 Å². The van der Waals surface area contributed by atoms with Gasteiger partial charge >= 0.3 is 0 Å². The van der Waals surface area contributed by atoms with Crippen molar-refractivity contribution >= 4 is 33.9 Å². The minimum absolute atomic E-state index is 0.0144. The van der Waals surface area contributed by atoms with Crippen LogP contribution in [0, 0.1) is 0 Å². The first-order valence-electron chi connectivity index (χ1n) is 12.8. The van der Waals surface area contributed by atoms with E-state index in [1.807, 2.05) is 42.3 Å². The minimum atomic E-state index is 0.0144.